The smallest absolute Gasteiger partial charge is 0.224 e. The van der Waals surface area contributed by atoms with E-state index in [-0.39, 0.29) is 17.3 Å². The molecule has 4 heteroatoms. The van der Waals surface area contributed by atoms with Gasteiger partial charge in [-0.15, -0.1) is 0 Å². The van der Waals surface area contributed by atoms with Gasteiger partial charge < -0.3 is 10.2 Å². The van der Waals surface area contributed by atoms with Crippen LogP contribution in [0.3, 0.4) is 0 Å². The lowest BCUT2D eigenvalue weighted by Crippen LogP contribution is -2.40. The highest BCUT2D eigenvalue weighted by molar-refractivity contribution is 5.94. The molecule has 0 aliphatic carbocycles. The van der Waals surface area contributed by atoms with E-state index in [4.69, 9.17) is 0 Å². The van der Waals surface area contributed by atoms with Crippen LogP contribution in [-0.4, -0.2) is 22.9 Å². The van der Waals surface area contributed by atoms with Gasteiger partial charge in [0, 0.05) is 29.9 Å². The van der Waals surface area contributed by atoms with Crippen molar-refractivity contribution in [2.45, 2.75) is 72.3 Å². The largest absolute Gasteiger partial charge is 0.363 e. The number of benzene rings is 1. The molecule has 3 nitrogen and oxygen atoms in total. The Balaban J connectivity index is 0.000000243. The van der Waals surface area contributed by atoms with Gasteiger partial charge in [-0.3, -0.25) is 4.79 Å². The summed E-state index contributed by atoms with van der Waals surface area (Å²) >= 11 is 0. The minimum absolute atomic E-state index is 0.0175. The maximum Gasteiger partial charge on any atom is 0.224 e. The van der Waals surface area contributed by atoms with Crippen molar-refractivity contribution in [3.8, 4) is 0 Å². The summed E-state index contributed by atoms with van der Waals surface area (Å²) < 4.78 is 13.4. The van der Waals surface area contributed by atoms with Crippen LogP contribution in [0.5, 0.6) is 0 Å². The number of allylic oxidation sites excluding steroid dienone is 7. The van der Waals surface area contributed by atoms with Crippen molar-refractivity contribution < 1.29 is 9.18 Å². The topological polar surface area (TPSA) is 32.3 Å². The molecule has 1 amide bonds. The molecule has 0 saturated carbocycles. The lowest BCUT2D eigenvalue weighted by atomic mass is 9.96. The summed E-state index contributed by atoms with van der Waals surface area (Å²) in [5, 5.41) is 2.92. The Hall–Kier alpha value is -2.88. The molecule has 2 aliphatic heterocycles. The lowest BCUT2D eigenvalue weighted by molar-refractivity contribution is -0.116. The van der Waals surface area contributed by atoms with Crippen molar-refractivity contribution in [1.29, 1.82) is 0 Å². The number of amides is 1. The lowest BCUT2D eigenvalue weighted by Gasteiger charge is -2.38. The van der Waals surface area contributed by atoms with Crippen molar-refractivity contribution in [3.05, 3.63) is 89.5 Å². The van der Waals surface area contributed by atoms with Gasteiger partial charge in [-0.25, -0.2) is 4.39 Å². The molecule has 178 valence electrons. The van der Waals surface area contributed by atoms with Gasteiger partial charge in [0.15, 0.2) is 0 Å². The van der Waals surface area contributed by atoms with Crippen LogP contribution >= 0.6 is 0 Å². The van der Waals surface area contributed by atoms with E-state index >= 15 is 0 Å². The second kappa shape index (κ2) is 11.8. The van der Waals surface area contributed by atoms with Gasteiger partial charge in [-0.2, -0.15) is 0 Å². The van der Waals surface area contributed by atoms with E-state index in [0.29, 0.717) is 25.3 Å². The molecule has 0 bridgehead atoms. The second-order valence-corrected chi connectivity index (χ2v) is 9.94. The van der Waals surface area contributed by atoms with Crippen LogP contribution in [-0.2, 0) is 11.2 Å². The highest BCUT2D eigenvalue weighted by atomic mass is 19.1. The molecular formula is C29H39FN2O. The molecule has 1 aromatic carbocycles. The zero-order chi connectivity index (χ0) is 24.6. The van der Waals surface area contributed by atoms with E-state index in [0.717, 1.165) is 23.4 Å². The Morgan fingerprint density at radius 1 is 1.21 bits per heavy atom. The minimum atomic E-state index is -0.171. The van der Waals surface area contributed by atoms with Crippen molar-refractivity contribution in [2.75, 3.05) is 11.9 Å². The minimum Gasteiger partial charge on any atom is -0.363 e. The molecule has 0 saturated heterocycles. The quantitative estimate of drug-likeness (QED) is 0.481. The van der Waals surface area contributed by atoms with Crippen LogP contribution in [0.15, 0.2) is 78.3 Å². The Morgan fingerprint density at radius 2 is 1.94 bits per heavy atom. The van der Waals surface area contributed by atoms with Crippen LogP contribution in [0.25, 0.3) is 0 Å². The average Bonchev–Trinajstić information content (AvgIpc) is 2.82. The van der Waals surface area contributed by atoms with Gasteiger partial charge in [0.05, 0.1) is 0 Å². The molecule has 0 aromatic heterocycles. The molecule has 0 spiro atoms. The van der Waals surface area contributed by atoms with Crippen molar-refractivity contribution in [1.82, 2.24) is 4.90 Å². The molecule has 1 aromatic rings. The summed E-state index contributed by atoms with van der Waals surface area (Å²) in [5.74, 6) is 0.479. The zero-order valence-corrected chi connectivity index (χ0v) is 21.0. The molecule has 33 heavy (non-hydrogen) atoms. The van der Waals surface area contributed by atoms with Crippen molar-refractivity contribution in [2.24, 2.45) is 0 Å². The fraction of sp³-hybridized carbons (Fsp3) is 0.414. The molecule has 0 radical (unpaired) electrons. The fourth-order valence-corrected chi connectivity index (χ4v) is 3.64. The maximum absolute atomic E-state index is 13.4. The number of nitrogens with one attached hydrogen (secondary N) is 1. The van der Waals surface area contributed by atoms with Crippen molar-refractivity contribution >= 4 is 11.6 Å². The van der Waals surface area contributed by atoms with Gasteiger partial charge in [0.25, 0.3) is 0 Å². The Labute approximate surface area is 199 Å². The van der Waals surface area contributed by atoms with E-state index in [9.17, 15) is 9.18 Å². The number of fused-ring (bicyclic) bond motifs is 1. The Kier molecular flexibility index (Phi) is 9.45. The first-order valence-electron chi connectivity index (χ1n) is 11.7. The number of hydrogen-bond acceptors (Lipinski definition) is 2. The molecular weight excluding hydrogens is 411 g/mol. The summed E-state index contributed by atoms with van der Waals surface area (Å²) in [6, 6.07) is 6.38. The van der Waals surface area contributed by atoms with E-state index in [2.05, 4.69) is 81.8 Å². The van der Waals surface area contributed by atoms with Gasteiger partial charge in [0.2, 0.25) is 5.91 Å². The van der Waals surface area contributed by atoms with E-state index in [1.165, 1.54) is 17.2 Å². The summed E-state index contributed by atoms with van der Waals surface area (Å²) in [7, 11) is 0. The molecule has 0 fully saturated rings. The van der Waals surface area contributed by atoms with Crippen LogP contribution in [0.2, 0.25) is 0 Å². The number of hydrogen-bond donors (Lipinski definition) is 1. The van der Waals surface area contributed by atoms with Crippen molar-refractivity contribution in [3.63, 3.8) is 0 Å². The number of aryl methyl sites for hydroxylation is 1. The standard InChI is InChI=1S/C17H24FN.C12H15NO/c1-14(2)11-12-16-10-6-8-15(18)9-7-13-19(16)17(3,4)5;1-8(2)10-4-3-9-5-6-12(14)13-11(9)7-10/h7-12H,1,6,13H2,2-5H3;3-4,7-8H,5-6H2,1-2H3,(H,13,14)/b9-7-,12-11+,15-8+,16-10-;. The monoisotopic (exact) mass is 450 g/mol. The van der Waals surface area contributed by atoms with Gasteiger partial charge in [-0.1, -0.05) is 56.4 Å². The van der Waals surface area contributed by atoms with Crippen LogP contribution in [0.1, 0.15) is 71.4 Å². The molecule has 2 aliphatic rings. The first-order chi connectivity index (χ1) is 15.5. The molecule has 0 unspecified atom stereocenters. The third kappa shape index (κ3) is 8.53. The summed E-state index contributed by atoms with van der Waals surface area (Å²) in [6.07, 6.45) is 13.2. The first kappa shape index (κ1) is 26.4. The SMILES string of the molecule is C=C(C)/C=C/C1=C/C/C=C(F)\C=C/CN1C(C)(C)C.CC(C)c1ccc2c(c1)NC(=O)CC2. The molecule has 2 heterocycles. The third-order valence-electron chi connectivity index (χ3n) is 5.56. The van der Waals surface area contributed by atoms with Crippen LogP contribution in [0.4, 0.5) is 10.1 Å². The third-order valence-corrected chi connectivity index (χ3v) is 5.56. The highest BCUT2D eigenvalue weighted by Gasteiger charge is 2.21. The zero-order valence-electron chi connectivity index (χ0n) is 21.0. The summed E-state index contributed by atoms with van der Waals surface area (Å²) in [4.78, 5) is 13.5. The van der Waals surface area contributed by atoms with Gasteiger partial charge in [-0.05, 0) is 81.9 Å². The first-order valence-corrected chi connectivity index (χ1v) is 11.7. The number of nitrogens with zero attached hydrogens (tertiary/aromatic N) is 1. The number of rotatable bonds is 3. The highest BCUT2D eigenvalue weighted by Crippen LogP contribution is 2.27. The summed E-state index contributed by atoms with van der Waals surface area (Å²) in [5.41, 5.74) is 5.64. The Bertz CT molecular complexity index is 974. The van der Waals surface area contributed by atoms with Gasteiger partial charge in [0.1, 0.15) is 5.83 Å². The number of carbonyl (C=O) groups is 1. The van der Waals surface area contributed by atoms with E-state index in [1.807, 2.05) is 19.1 Å². The molecule has 1 N–H and O–H groups in total. The predicted octanol–water partition coefficient (Wildman–Crippen LogP) is 7.61. The van der Waals surface area contributed by atoms with E-state index in [1.54, 1.807) is 6.08 Å². The second-order valence-electron chi connectivity index (χ2n) is 9.94. The van der Waals surface area contributed by atoms with Crippen LogP contribution < -0.4 is 5.32 Å². The number of halogens is 1. The van der Waals surface area contributed by atoms with Gasteiger partial charge >= 0.3 is 0 Å². The van der Waals surface area contributed by atoms with Crippen LogP contribution in [0, 0.1) is 0 Å². The molecule has 3 rings (SSSR count). The number of anilines is 1. The summed E-state index contributed by atoms with van der Waals surface area (Å²) in [6.45, 7) is 17.3. The fourth-order valence-electron chi connectivity index (χ4n) is 3.64. The molecule has 0 atom stereocenters. The number of carbonyl (C=O) groups excluding carboxylic acids is 1. The van der Waals surface area contributed by atoms with E-state index < -0.39 is 0 Å². The normalized spacial score (nSPS) is 20.7. The average molecular weight is 451 g/mol. The predicted molar refractivity (Wildman–Crippen MR) is 139 cm³/mol. The maximum atomic E-state index is 13.4. The Morgan fingerprint density at radius 3 is 2.58 bits per heavy atom.